The number of nitrogens with zero attached hydrogens (tertiary/aromatic N) is 1. The molecule has 134 valence electrons. The standard InChI is InChI=1S/C18H15ClN2O3S2/c1-11(17(23)20-13-7-3-2-6-12(13)19)24-16(22)10-25-18-21-14-8-4-5-9-15(14)26-18/h2-9,11H,10H2,1H3,(H,20,23). The third-order valence-electron chi connectivity index (χ3n) is 3.40. The van der Waals surface area contributed by atoms with Crippen LogP contribution in [0.1, 0.15) is 6.92 Å². The van der Waals surface area contributed by atoms with Crippen molar-refractivity contribution < 1.29 is 14.3 Å². The molecule has 0 saturated carbocycles. The number of nitrogens with one attached hydrogen (secondary N) is 1. The molecule has 0 aliphatic rings. The molecule has 1 N–H and O–H groups in total. The molecule has 3 rings (SSSR count). The zero-order chi connectivity index (χ0) is 18.5. The van der Waals surface area contributed by atoms with Gasteiger partial charge in [0.05, 0.1) is 26.7 Å². The first kappa shape index (κ1) is 18.7. The molecule has 8 heteroatoms. The Morgan fingerprint density at radius 2 is 1.96 bits per heavy atom. The number of aromatic nitrogens is 1. The van der Waals surface area contributed by atoms with E-state index in [1.165, 1.54) is 30.0 Å². The smallest absolute Gasteiger partial charge is 0.317 e. The molecule has 2 aromatic carbocycles. The Labute approximate surface area is 163 Å². The van der Waals surface area contributed by atoms with Crippen LogP contribution in [-0.4, -0.2) is 28.7 Å². The van der Waals surface area contributed by atoms with Crippen LogP contribution in [0.15, 0.2) is 52.9 Å². The van der Waals surface area contributed by atoms with E-state index in [9.17, 15) is 9.59 Å². The van der Waals surface area contributed by atoms with E-state index in [2.05, 4.69) is 10.3 Å². The summed E-state index contributed by atoms with van der Waals surface area (Å²) in [5, 5.41) is 3.06. The number of ether oxygens (including phenoxy) is 1. The summed E-state index contributed by atoms with van der Waals surface area (Å²) in [6.07, 6.45) is -0.922. The van der Waals surface area contributed by atoms with E-state index in [4.69, 9.17) is 16.3 Å². The first-order valence-electron chi connectivity index (χ1n) is 7.76. The third kappa shape index (κ3) is 4.75. The molecule has 0 saturated heterocycles. The van der Waals surface area contributed by atoms with Crippen LogP contribution in [-0.2, 0) is 14.3 Å². The Morgan fingerprint density at radius 1 is 1.23 bits per heavy atom. The van der Waals surface area contributed by atoms with Crippen LogP contribution in [0.2, 0.25) is 5.02 Å². The second kappa shape index (κ2) is 8.53. The summed E-state index contributed by atoms with van der Waals surface area (Å²) in [4.78, 5) is 28.6. The Balaban J connectivity index is 1.50. The molecule has 5 nitrogen and oxygen atoms in total. The molecule has 26 heavy (non-hydrogen) atoms. The zero-order valence-electron chi connectivity index (χ0n) is 13.8. The van der Waals surface area contributed by atoms with Crippen LogP contribution in [0.4, 0.5) is 5.69 Å². The summed E-state index contributed by atoms with van der Waals surface area (Å²) in [5.74, 6) is -0.823. The predicted octanol–water partition coefficient (Wildman–Crippen LogP) is 4.61. The van der Waals surface area contributed by atoms with E-state index in [0.717, 1.165) is 14.6 Å². The molecule has 0 bridgehead atoms. The van der Waals surface area contributed by atoms with E-state index in [0.29, 0.717) is 10.7 Å². The van der Waals surface area contributed by atoms with E-state index < -0.39 is 18.0 Å². The van der Waals surface area contributed by atoms with Crippen LogP contribution < -0.4 is 5.32 Å². The van der Waals surface area contributed by atoms with E-state index in [1.54, 1.807) is 24.3 Å². The minimum Gasteiger partial charge on any atom is -0.452 e. The Hall–Kier alpha value is -2.09. The lowest BCUT2D eigenvalue weighted by atomic mass is 10.3. The van der Waals surface area contributed by atoms with Crippen molar-refractivity contribution in [2.24, 2.45) is 0 Å². The van der Waals surface area contributed by atoms with Gasteiger partial charge in [-0.15, -0.1) is 11.3 Å². The first-order chi connectivity index (χ1) is 12.5. The summed E-state index contributed by atoms with van der Waals surface area (Å²) < 4.78 is 7.04. The highest BCUT2D eigenvalue weighted by atomic mass is 35.5. The van der Waals surface area contributed by atoms with Gasteiger partial charge >= 0.3 is 5.97 Å². The number of carbonyl (C=O) groups is 2. The Bertz CT molecular complexity index is 912. The summed E-state index contributed by atoms with van der Waals surface area (Å²) in [5.41, 5.74) is 1.38. The van der Waals surface area contributed by atoms with Crippen molar-refractivity contribution in [1.82, 2.24) is 4.98 Å². The summed E-state index contributed by atoms with van der Waals surface area (Å²) in [7, 11) is 0. The largest absolute Gasteiger partial charge is 0.452 e. The molecule has 0 fully saturated rings. The van der Waals surface area contributed by atoms with E-state index in [-0.39, 0.29) is 5.75 Å². The van der Waals surface area contributed by atoms with Crippen molar-refractivity contribution >= 4 is 62.5 Å². The second-order valence-electron chi connectivity index (χ2n) is 5.34. The maximum Gasteiger partial charge on any atom is 0.317 e. The number of rotatable bonds is 6. The number of benzene rings is 2. The Kier molecular flexibility index (Phi) is 6.13. The monoisotopic (exact) mass is 406 g/mol. The molecule has 1 amide bonds. The van der Waals surface area contributed by atoms with Crippen LogP contribution >= 0.6 is 34.7 Å². The predicted molar refractivity (Wildman–Crippen MR) is 106 cm³/mol. The lowest BCUT2D eigenvalue weighted by molar-refractivity contribution is -0.150. The molecule has 0 aliphatic carbocycles. The lowest BCUT2D eigenvalue weighted by Crippen LogP contribution is -2.30. The number of esters is 1. The van der Waals surface area contributed by atoms with Gasteiger partial charge in [0.15, 0.2) is 10.4 Å². The van der Waals surface area contributed by atoms with Crippen LogP contribution in [0.3, 0.4) is 0 Å². The number of thioether (sulfide) groups is 1. The molecule has 0 aliphatic heterocycles. The molecule has 0 radical (unpaired) electrons. The van der Waals surface area contributed by atoms with Gasteiger partial charge in [0, 0.05) is 0 Å². The topological polar surface area (TPSA) is 68.3 Å². The lowest BCUT2D eigenvalue weighted by Gasteiger charge is -2.13. The van der Waals surface area contributed by atoms with Crippen molar-refractivity contribution in [3.05, 3.63) is 53.6 Å². The molecule has 1 aromatic heterocycles. The highest BCUT2D eigenvalue weighted by Crippen LogP contribution is 2.29. The van der Waals surface area contributed by atoms with Gasteiger partial charge in [-0.25, -0.2) is 4.98 Å². The van der Waals surface area contributed by atoms with Crippen LogP contribution in [0.25, 0.3) is 10.2 Å². The number of fused-ring (bicyclic) bond motifs is 1. The average Bonchev–Trinajstić information content (AvgIpc) is 3.05. The first-order valence-corrected chi connectivity index (χ1v) is 9.94. The fraction of sp³-hybridized carbons (Fsp3) is 0.167. The van der Waals surface area contributed by atoms with Gasteiger partial charge in [-0.2, -0.15) is 0 Å². The minimum absolute atomic E-state index is 0.0868. The number of anilines is 1. The average molecular weight is 407 g/mol. The summed E-state index contributed by atoms with van der Waals surface area (Å²) in [6.45, 7) is 1.52. The van der Waals surface area contributed by atoms with Crippen molar-refractivity contribution in [3.63, 3.8) is 0 Å². The van der Waals surface area contributed by atoms with Crippen molar-refractivity contribution in [2.45, 2.75) is 17.4 Å². The SMILES string of the molecule is CC(OC(=O)CSc1nc2ccccc2s1)C(=O)Nc1ccccc1Cl. The van der Waals surface area contributed by atoms with Crippen molar-refractivity contribution in [2.75, 3.05) is 11.1 Å². The fourth-order valence-corrected chi connectivity index (χ4v) is 4.15. The molecular weight excluding hydrogens is 392 g/mol. The minimum atomic E-state index is -0.922. The van der Waals surface area contributed by atoms with Crippen molar-refractivity contribution in [3.8, 4) is 0 Å². The molecule has 1 heterocycles. The van der Waals surface area contributed by atoms with E-state index in [1.807, 2.05) is 24.3 Å². The van der Waals surface area contributed by atoms with Gasteiger partial charge in [0.25, 0.3) is 5.91 Å². The number of hydrogen-bond acceptors (Lipinski definition) is 6. The van der Waals surface area contributed by atoms with Gasteiger partial charge in [-0.05, 0) is 31.2 Å². The molecule has 1 unspecified atom stereocenters. The highest BCUT2D eigenvalue weighted by Gasteiger charge is 2.19. The normalized spacial score (nSPS) is 11.9. The zero-order valence-corrected chi connectivity index (χ0v) is 16.2. The molecular formula is C18H15ClN2O3S2. The number of thiazole rings is 1. The maximum absolute atomic E-state index is 12.1. The van der Waals surface area contributed by atoms with Crippen LogP contribution in [0.5, 0.6) is 0 Å². The van der Waals surface area contributed by atoms with Gasteiger partial charge in [-0.1, -0.05) is 47.6 Å². The van der Waals surface area contributed by atoms with Gasteiger partial charge in [-0.3, -0.25) is 9.59 Å². The molecule has 1 atom stereocenters. The van der Waals surface area contributed by atoms with Gasteiger partial charge in [0.1, 0.15) is 0 Å². The second-order valence-corrected chi connectivity index (χ2v) is 8.00. The van der Waals surface area contributed by atoms with Crippen LogP contribution in [0, 0.1) is 0 Å². The summed E-state index contributed by atoms with van der Waals surface area (Å²) in [6, 6.07) is 14.6. The molecule has 3 aromatic rings. The summed E-state index contributed by atoms with van der Waals surface area (Å²) >= 11 is 8.81. The Morgan fingerprint density at radius 3 is 2.73 bits per heavy atom. The quantitative estimate of drug-likeness (QED) is 0.478. The number of halogens is 1. The number of para-hydroxylation sites is 2. The fourth-order valence-electron chi connectivity index (χ4n) is 2.12. The van der Waals surface area contributed by atoms with Gasteiger partial charge in [0.2, 0.25) is 0 Å². The van der Waals surface area contributed by atoms with E-state index >= 15 is 0 Å². The maximum atomic E-state index is 12.1. The number of hydrogen-bond donors (Lipinski definition) is 1. The molecule has 0 spiro atoms. The number of carbonyl (C=O) groups excluding carboxylic acids is 2. The number of amides is 1. The van der Waals surface area contributed by atoms with Crippen molar-refractivity contribution in [1.29, 1.82) is 0 Å². The third-order valence-corrected chi connectivity index (χ3v) is 5.88. The highest BCUT2D eigenvalue weighted by molar-refractivity contribution is 8.01. The van der Waals surface area contributed by atoms with Gasteiger partial charge < -0.3 is 10.1 Å².